The zero-order chi connectivity index (χ0) is 49.9. The van der Waals surface area contributed by atoms with E-state index in [1.165, 1.54) is 161 Å². The van der Waals surface area contributed by atoms with Crippen LogP contribution in [0.1, 0.15) is 258 Å². The molecule has 3 unspecified atom stereocenters. The highest BCUT2D eigenvalue weighted by molar-refractivity contribution is 7.47. The number of esters is 1. The standard InChI is InChI=1S/C56H102NO10P/c1-3-5-7-9-11-13-15-17-19-21-23-25-26-28-30-32-34-36-38-40-42-44-46-48-55(60)65-49-52(58)50-66-68(63,64)67-51-53(56(61)62)57-54(59)47-45-43-41-39-37-35-33-31-29-27-24-22-20-18-16-14-12-10-8-6-4-2/h11,13,17-20,23,25,52-53,58H,3-10,12,14-16,21-22,24,26-51H2,1-2H3,(H,57,59)(H,61,62)(H,63,64)/b13-11-,19-17-,20-18+,25-23-. The molecule has 0 rings (SSSR count). The normalized spacial score (nSPS) is 13.8. The number of unbranched alkanes of at least 4 members (excludes halogenated alkanes) is 30. The van der Waals surface area contributed by atoms with E-state index in [0.717, 1.165) is 57.8 Å². The fourth-order valence-electron chi connectivity index (χ4n) is 7.79. The molecule has 0 heterocycles. The van der Waals surface area contributed by atoms with Gasteiger partial charge in [0.2, 0.25) is 5.91 Å². The topological polar surface area (TPSA) is 169 Å². The maximum Gasteiger partial charge on any atom is 0.472 e. The molecule has 11 nitrogen and oxygen atoms in total. The van der Waals surface area contributed by atoms with Crippen molar-refractivity contribution in [2.24, 2.45) is 0 Å². The number of hydrogen-bond donors (Lipinski definition) is 4. The van der Waals surface area contributed by atoms with Gasteiger partial charge in [-0.1, -0.05) is 217 Å². The zero-order valence-corrected chi connectivity index (χ0v) is 44.3. The van der Waals surface area contributed by atoms with Crippen LogP contribution in [0, 0.1) is 0 Å². The van der Waals surface area contributed by atoms with Crippen molar-refractivity contribution in [1.29, 1.82) is 0 Å². The fraction of sp³-hybridized carbons (Fsp3) is 0.804. The molecule has 0 aromatic heterocycles. The van der Waals surface area contributed by atoms with Crippen LogP contribution in [0.2, 0.25) is 0 Å². The van der Waals surface area contributed by atoms with E-state index in [0.29, 0.717) is 12.8 Å². The van der Waals surface area contributed by atoms with Gasteiger partial charge >= 0.3 is 19.8 Å². The Morgan fingerprint density at radius 2 is 0.809 bits per heavy atom. The first-order valence-corrected chi connectivity index (χ1v) is 29.2. The van der Waals surface area contributed by atoms with Gasteiger partial charge in [-0.3, -0.25) is 18.6 Å². The molecule has 0 fully saturated rings. The summed E-state index contributed by atoms with van der Waals surface area (Å²) in [5.74, 6) is -2.37. The second-order valence-electron chi connectivity index (χ2n) is 18.8. The van der Waals surface area contributed by atoms with Crippen molar-refractivity contribution in [3.8, 4) is 0 Å². The number of rotatable bonds is 52. The predicted molar refractivity (Wildman–Crippen MR) is 282 cm³/mol. The van der Waals surface area contributed by atoms with Gasteiger partial charge in [0.1, 0.15) is 12.7 Å². The lowest BCUT2D eigenvalue weighted by atomic mass is 10.0. The van der Waals surface area contributed by atoms with E-state index in [1.54, 1.807) is 0 Å². The molecule has 1 amide bonds. The molecular formula is C56H102NO10P. The molecule has 0 aliphatic heterocycles. The molecule has 0 bridgehead atoms. The highest BCUT2D eigenvalue weighted by Gasteiger charge is 2.28. The monoisotopic (exact) mass is 980 g/mol. The van der Waals surface area contributed by atoms with E-state index in [-0.39, 0.29) is 12.8 Å². The number of aliphatic hydroxyl groups excluding tert-OH is 1. The third-order valence-corrected chi connectivity index (χ3v) is 13.0. The van der Waals surface area contributed by atoms with Crippen molar-refractivity contribution in [3.05, 3.63) is 48.6 Å². The summed E-state index contributed by atoms with van der Waals surface area (Å²) in [6.45, 7) is 2.60. The highest BCUT2D eigenvalue weighted by atomic mass is 31.2. The fourth-order valence-corrected chi connectivity index (χ4v) is 8.56. The van der Waals surface area contributed by atoms with Gasteiger partial charge in [0.05, 0.1) is 13.2 Å². The molecule has 396 valence electrons. The molecule has 0 radical (unpaired) electrons. The van der Waals surface area contributed by atoms with Gasteiger partial charge in [-0.05, 0) is 77.0 Å². The Balaban J connectivity index is 3.79. The van der Waals surface area contributed by atoms with Crippen molar-refractivity contribution in [2.45, 2.75) is 270 Å². The summed E-state index contributed by atoms with van der Waals surface area (Å²) in [4.78, 5) is 46.2. The first kappa shape index (κ1) is 65.4. The first-order valence-electron chi connectivity index (χ1n) is 27.7. The lowest BCUT2D eigenvalue weighted by molar-refractivity contribution is -0.147. The predicted octanol–water partition coefficient (Wildman–Crippen LogP) is 15.7. The number of phosphoric ester groups is 1. The number of aliphatic hydroxyl groups is 1. The van der Waals surface area contributed by atoms with Gasteiger partial charge in [-0.15, -0.1) is 0 Å². The van der Waals surface area contributed by atoms with E-state index in [9.17, 15) is 34.1 Å². The van der Waals surface area contributed by atoms with Crippen molar-refractivity contribution in [2.75, 3.05) is 19.8 Å². The average molecular weight is 980 g/mol. The number of ether oxygens (including phenoxy) is 1. The molecule has 4 N–H and O–H groups in total. The van der Waals surface area contributed by atoms with E-state index in [2.05, 4.69) is 67.8 Å². The summed E-state index contributed by atoms with van der Waals surface area (Å²) in [6.07, 6.45) is 59.9. The number of phosphoric acid groups is 1. The van der Waals surface area contributed by atoms with Crippen LogP contribution in [-0.2, 0) is 32.7 Å². The zero-order valence-electron chi connectivity index (χ0n) is 43.4. The van der Waals surface area contributed by atoms with Crippen molar-refractivity contribution < 1.29 is 47.8 Å². The summed E-state index contributed by atoms with van der Waals surface area (Å²) in [6, 6.07) is -1.55. The Labute approximate surface area is 415 Å². The molecule has 0 aliphatic carbocycles. The van der Waals surface area contributed by atoms with E-state index >= 15 is 0 Å². The third-order valence-electron chi connectivity index (χ3n) is 12.1. The van der Waals surface area contributed by atoms with Crippen LogP contribution >= 0.6 is 7.82 Å². The summed E-state index contributed by atoms with van der Waals surface area (Å²) < 4.78 is 27.0. The Kier molecular flexibility index (Phi) is 48.9. The van der Waals surface area contributed by atoms with Crippen LogP contribution in [0.3, 0.4) is 0 Å². The lowest BCUT2D eigenvalue weighted by Gasteiger charge is -2.18. The number of hydrogen-bond acceptors (Lipinski definition) is 8. The van der Waals surface area contributed by atoms with E-state index in [4.69, 9.17) is 13.8 Å². The third kappa shape index (κ3) is 49.8. The van der Waals surface area contributed by atoms with Gasteiger partial charge in [0.15, 0.2) is 6.04 Å². The number of aliphatic carboxylic acids is 1. The summed E-state index contributed by atoms with van der Waals surface area (Å²) in [5, 5.41) is 22.0. The first-order chi connectivity index (χ1) is 33.1. The van der Waals surface area contributed by atoms with Crippen LogP contribution in [0.25, 0.3) is 0 Å². The maximum absolute atomic E-state index is 12.4. The van der Waals surface area contributed by atoms with Crippen molar-refractivity contribution >= 4 is 25.7 Å². The smallest absolute Gasteiger partial charge is 0.472 e. The van der Waals surface area contributed by atoms with Gasteiger partial charge in [-0.2, -0.15) is 0 Å². The molecule has 0 saturated carbocycles. The summed E-state index contributed by atoms with van der Waals surface area (Å²) in [5.41, 5.74) is 0. The van der Waals surface area contributed by atoms with Gasteiger partial charge < -0.3 is 25.2 Å². The quantitative estimate of drug-likeness (QED) is 0.0199. The molecule has 3 atom stereocenters. The minimum Gasteiger partial charge on any atom is -0.480 e. The maximum atomic E-state index is 12.4. The minimum atomic E-state index is -4.77. The second-order valence-corrected chi connectivity index (χ2v) is 20.2. The van der Waals surface area contributed by atoms with Crippen LogP contribution in [-0.4, -0.2) is 64.9 Å². The number of nitrogens with one attached hydrogen (secondary N) is 1. The number of carbonyl (C=O) groups excluding carboxylic acids is 2. The van der Waals surface area contributed by atoms with Crippen molar-refractivity contribution in [1.82, 2.24) is 5.32 Å². The number of amides is 1. The Hall–Kier alpha value is -2.56. The molecule has 0 aromatic carbocycles. The summed E-state index contributed by atoms with van der Waals surface area (Å²) in [7, 11) is -4.77. The molecule has 0 aromatic rings. The highest BCUT2D eigenvalue weighted by Crippen LogP contribution is 2.43. The van der Waals surface area contributed by atoms with E-state index < -0.39 is 57.6 Å². The van der Waals surface area contributed by atoms with E-state index in [1.807, 2.05) is 0 Å². The van der Waals surface area contributed by atoms with Gasteiger partial charge in [0, 0.05) is 12.8 Å². The Morgan fingerprint density at radius 3 is 1.25 bits per heavy atom. The van der Waals surface area contributed by atoms with Crippen molar-refractivity contribution in [3.63, 3.8) is 0 Å². The van der Waals surface area contributed by atoms with Crippen LogP contribution in [0.5, 0.6) is 0 Å². The van der Waals surface area contributed by atoms with Crippen LogP contribution in [0.15, 0.2) is 48.6 Å². The number of carbonyl (C=O) groups is 3. The van der Waals surface area contributed by atoms with Crippen LogP contribution < -0.4 is 5.32 Å². The van der Waals surface area contributed by atoms with Gasteiger partial charge in [0.25, 0.3) is 0 Å². The molecular weight excluding hydrogens is 878 g/mol. The molecule has 12 heteroatoms. The lowest BCUT2D eigenvalue weighted by Crippen LogP contribution is -2.43. The average Bonchev–Trinajstić information content (AvgIpc) is 3.32. The minimum absolute atomic E-state index is 0.145. The Bertz CT molecular complexity index is 1330. The molecule has 68 heavy (non-hydrogen) atoms. The largest absolute Gasteiger partial charge is 0.480 e. The Morgan fingerprint density at radius 1 is 0.471 bits per heavy atom. The second kappa shape index (κ2) is 50.8. The number of carboxylic acids is 1. The van der Waals surface area contributed by atoms with Gasteiger partial charge in [-0.25, -0.2) is 9.36 Å². The van der Waals surface area contributed by atoms with Crippen LogP contribution in [0.4, 0.5) is 0 Å². The molecule has 0 saturated heterocycles. The summed E-state index contributed by atoms with van der Waals surface area (Å²) >= 11 is 0. The number of allylic oxidation sites excluding steroid dienone is 8. The molecule has 0 spiro atoms. The number of carboxylic acid groups (broad SMARTS) is 1. The molecule has 0 aliphatic rings. The SMILES string of the molecule is CCCCC/C=C\C/C=C\C/C=C\CCCCCCCCCCCCC(=O)OCC(O)COP(=O)(O)OCC(NC(=O)CCCCCCCCCCCCC/C=C/CCCCCCCC)C(=O)O.